The number of carbonyl (C=O) groups is 1. The van der Waals surface area contributed by atoms with Crippen molar-refractivity contribution in [3.05, 3.63) is 29.8 Å². The highest BCUT2D eigenvalue weighted by Gasteiger charge is 2.25. The lowest BCUT2D eigenvalue weighted by Crippen LogP contribution is -2.41. The van der Waals surface area contributed by atoms with Crippen LogP contribution in [0.4, 0.5) is 0 Å². The van der Waals surface area contributed by atoms with E-state index in [9.17, 15) is 13.2 Å². The molecule has 1 aliphatic heterocycles. The molecule has 0 bridgehead atoms. The lowest BCUT2D eigenvalue weighted by molar-refractivity contribution is 0.0710. The van der Waals surface area contributed by atoms with Gasteiger partial charge in [-0.05, 0) is 37.1 Å². The Morgan fingerprint density at radius 2 is 1.76 bits per heavy atom. The Kier molecular flexibility index (Phi) is 4.63. The molecule has 0 unspecified atom stereocenters. The van der Waals surface area contributed by atoms with Gasteiger partial charge in [-0.2, -0.15) is 0 Å². The molecule has 1 amide bonds. The summed E-state index contributed by atoms with van der Waals surface area (Å²) >= 11 is 4.98. The van der Waals surface area contributed by atoms with Crippen LogP contribution in [0.15, 0.2) is 29.2 Å². The minimum atomic E-state index is -3.24. The third-order valence-electron chi connectivity index (χ3n) is 3.71. The normalized spacial score (nSPS) is 16.7. The van der Waals surface area contributed by atoms with E-state index >= 15 is 0 Å². The quantitative estimate of drug-likeness (QED) is 0.845. The second kappa shape index (κ2) is 6.11. The van der Waals surface area contributed by atoms with Crippen LogP contribution in [0, 0.1) is 5.92 Å². The lowest BCUT2D eigenvalue weighted by atomic mass is 9.96. The molecule has 0 aliphatic carbocycles. The molecule has 1 fully saturated rings. The Balaban J connectivity index is 2.06. The molecular formula is C14H18N2O3S2. The molecule has 0 spiro atoms. The number of rotatable bonds is 3. The van der Waals surface area contributed by atoms with Crippen molar-refractivity contribution in [1.82, 2.24) is 4.90 Å². The second-order valence-corrected chi connectivity index (χ2v) is 7.75. The standard InChI is InChI=1S/C14H18N2O3S2/c1-21(18,19)12-4-2-11(3-5-12)14(17)16-8-6-10(7-9-16)13(15)20/h2-5,10H,6-9H2,1H3,(H2,15,20). The van der Waals surface area contributed by atoms with Crippen molar-refractivity contribution in [2.75, 3.05) is 19.3 Å². The predicted octanol–water partition coefficient (Wildman–Crippen LogP) is 1.23. The summed E-state index contributed by atoms with van der Waals surface area (Å²) < 4.78 is 22.8. The van der Waals surface area contributed by atoms with Crippen molar-refractivity contribution in [3.8, 4) is 0 Å². The number of benzene rings is 1. The minimum Gasteiger partial charge on any atom is -0.393 e. The van der Waals surface area contributed by atoms with Crippen molar-refractivity contribution >= 4 is 33.0 Å². The molecule has 114 valence electrons. The number of hydrogen-bond donors (Lipinski definition) is 1. The third kappa shape index (κ3) is 3.79. The number of sulfone groups is 1. The summed E-state index contributed by atoms with van der Waals surface area (Å²) in [5, 5.41) is 0. The number of nitrogens with two attached hydrogens (primary N) is 1. The molecule has 0 aromatic heterocycles. The summed E-state index contributed by atoms with van der Waals surface area (Å²) in [5.41, 5.74) is 6.12. The fourth-order valence-corrected chi connectivity index (χ4v) is 3.26. The average Bonchev–Trinajstić information content (AvgIpc) is 2.46. The molecule has 1 aromatic rings. The Bertz CT molecular complexity index is 645. The summed E-state index contributed by atoms with van der Waals surface area (Å²) in [6.45, 7) is 1.24. The van der Waals surface area contributed by atoms with Gasteiger partial charge in [-0.25, -0.2) is 8.42 Å². The molecule has 1 heterocycles. The highest BCUT2D eigenvalue weighted by molar-refractivity contribution is 7.90. The number of piperidine rings is 1. The molecule has 1 aliphatic rings. The van der Waals surface area contributed by atoms with E-state index in [-0.39, 0.29) is 16.7 Å². The highest BCUT2D eigenvalue weighted by Crippen LogP contribution is 2.20. The van der Waals surface area contributed by atoms with Crippen LogP contribution in [0.3, 0.4) is 0 Å². The molecule has 7 heteroatoms. The first-order valence-electron chi connectivity index (χ1n) is 6.68. The zero-order valence-electron chi connectivity index (χ0n) is 11.8. The van der Waals surface area contributed by atoms with Crippen LogP contribution in [0.2, 0.25) is 0 Å². The van der Waals surface area contributed by atoms with E-state index in [2.05, 4.69) is 0 Å². The van der Waals surface area contributed by atoms with Gasteiger partial charge in [-0.3, -0.25) is 4.79 Å². The van der Waals surface area contributed by atoms with E-state index in [4.69, 9.17) is 18.0 Å². The first-order chi connectivity index (χ1) is 9.79. The summed E-state index contributed by atoms with van der Waals surface area (Å²) in [7, 11) is -3.24. The van der Waals surface area contributed by atoms with Crippen LogP contribution in [-0.4, -0.2) is 43.6 Å². The predicted molar refractivity (Wildman–Crippen MR) is 85.0 cm³/mol. The van der Waals surface area contributed by atoms with Crippen LogP contribution < -0.4 is 5.73 Å². The maximum atomic E-state index is 12.3. The van der Waals surface area contributed by atoms with E-state index in [1.54, 1.807) is 17.0 Å². The molecule has 0 saturated carbocycles. The molecule has 1 aromatic carbocycles. The maximum Gasteiger partial charge on any atom is 0.253 e. The van der Waals surface area contributed by atoms with Crippen LogP contribution in [0.25, 0.3) is 0 Å². The van der Waals surface area contributed by atoms with Crippen molar-refractivity contribution in [2.24, 2.45) is 11.7 Å². The van der Waals surface area contributed by atoms with Crippen LogP contribution >= 0.6 is 12.2 Å². The van der Waals surface area contributed by atoms with Crippen molar-refractivity contribution < 1.29 is 13.2 Å². The van der Waals surface area contributed by atoms with Crippen LogP contribution in [0.1, 0.15) is 23.2 Å². The van der Waals surface area contributed by atoms with Gasteiger partial charge >= 0.3 is 0 Å². The third-order valence-corrected chi connectivity index (χ3v) is 5.18. The zero-order valence-corrected chi connectivity index (χ0v) is 13.4. The molecule has 2 N–H and O–H groups in total. The summed E-state index contributed by atoms with van der Waals surface area (Å²) in [6.07, 6.45) is 2.70. The van der Waals surface area contributed by atoms with E-state index in [1.165, 1.54) is 12.1 Å². The van der Waals surface area contributed by atoms with Crippen molar-refractivity contribution in [2.45, 2.75) is 17.7 Å². The van der Waals surface area contributed by atoms with Gasteiger partial charge in [0.15, 0.2) is 9.84 Å². The topological polar surface area (TPSA) is 80.5 Å². The number of nitrogens with zero attached hydrogens (tertiary/aromatic N) is 1. The Hall–Kier alpha value is -1.47. The number of amides is 1. The first kappa shape index (κ1) is 15.9. The summed E-state index contributed by atoms with van der Waals surface area (Å²) in [4.78, 5) is 14.8. The van der Waals surface area contributed by atoms with E-state index < -0.39 is 9.84 Å². The lowest BCUT2D eigenvalue weighted by Gasteiger charge is -2.31. The molecule has 2 rings (SSSR count). The minimum absolute atomic E-state index is 0.0866. The number of hydrogen-bond acceptors (Lipinski definition) is 4. The molecule has 21 heavy (non-hydrogen) atoms. The summed E-state index contributed by atoms with van der Waals surface area (Å²) in [5.74, 6) is 0.119. The van der Waals surface area contributed by atoms with Gasteiger partial charge in [-0.15, -0.1) is 0 Å². The average molecular weight is 326 g/mol. The maximum absolute atomic E-state index is 12.3. The van der Waals surface area contributed by atoms with Crippen LogP contribution in [-0.2, 0) is 9.84 Å². The molecule has 0 atom stereocenters. The van der Waals surface area contributed by atoms with Gasteiger partial charge < -0.3 is 10.6 Å². The molecular weight excluding hydrogens is 308 g/mol. The van der Waals surface area contributed by atoms with Crippen molar-refractivity contribution in [1.29, 1.82) is 0 Å². The van der Waals surface area contributed by atoms with Gasteiger partial charge in [0.05, 0.1) is 9.88 Å². The summed E-state index contributed by atoms with van der Waals surface area (Å²) in [6, 6.07) is 6.03. The molecule has 1 saturated heterocycles. The Labute approximate surface area is 130 Å². The number of thiocarbonyl (C=S) groups is 1. The Morgan fingerprint density at radius 3 is 2.19 bits per heavy atom. The van der Waals surface area contributed by atoms with E-state index in [0.717, 1.165) is 19.1 Å². The number of carbonyl (C=O) groups excluding carboxylic acids is 1. The van der Waals surface area contributed by atoms with Crippen molar-refractivity contribution in [3.63, 3.8) is 0 Å². The van der Waals surface area contributed by atoms with Gasteiger partial charge in [-0.1, -0.05) is 12.2 Å². The SMILES string of the molecule is CS(=O)(=O)c1ccc(C(=O)N2CCC(C(N)=S)CC2)cc1. The Morgan fingerprint density at radius 1 is 1.24 bits per heavy atom. The van der Waals surface area contributed by atoms with E-state index in [1.807, 2.05) is 0 Å². The smallest absolute Gasteiger partial charge is 0.253 e. The molecule has 5 nitrogen and oxygen atoms in total. The second-order valence-electron chi connectivity index (χ2n) is 5.27. The van der Waals surface area contributed by atoms with E-state index in [0.29, 0.717) is 23.6 Å². The largest absolute Gasteiger partial charge is 0.393 e. The van der Waals surface area contributed by atoms with Gasteiger partial charge in [0.1, 0.15) is 0 Å². The monoisotopic (exact) mass is 326 g/mol. The fraction of sp³-hybridized carbons (Fsp3) is 0.429. The highest BCUT2D eigenvalue weighted by atomic mass is 32.2. The first-order valence-corrected chi connectivity index (χ1v) is 8.97. The van der Waals surface area contributed by atoms with Gasteiger partial charge in [0, 0.05) is 30.8 Å². The van der Waals surface area contributed by atoms with Gasteiger partial charge in [0.2, 0.25) is 0 Å². The van der Waals surface area contributed by atoms with Gasteiger partial charge in [0.25, 0.3) is 5.91 Å². The molecule has 0 radical (unpaired) electrons. The zero-order chi connectivity index (χ0) is 15.6. The fourth-order valence-electron chi connectivity index (χ4n) is 2.39. The number of likely N-dealkylation sites (tertiary alicyclic amines) is 1. The van der Waals surface area contributed by atoms with Crippen LogP contribution in [0.5, 0.6) is 0 Å².